The van der Waals surface area contributed by atoms with E-state index >= 15 is 0 Å². The van der Waals surface area contributed by atoms with Gasteiger partial charge in [0.2, 0.25) is 0 Å². The molecular formula is C13H20N3O2S+. The topological polar surface area (TPSA) is 47.0 Å². The molecule has 5 nitrogen and oxygen atoms in total. The summed E-state index contributed by atoms with van der Waals surface area (Å²) in [6.07, 6.45) is 0. The van der Waals surface area contributed by atoms with Gasteiger partial charge in [0.15, 0.2) is 16.6 Å². The third kappa shape index (κ3) is 4.25. The molecule has 0 atom stereocenters. The summed E-state index contributed by atoms with van der Waals surface area (Å²) >= 11 is 5.24. The predicted molar refractivity (Wildman–Crippen MR) is 79.3 cm³/mol. The van der Waals surface area contributed by atoms with Gasteiger partial charge in [0.1, 0.15) is 13.2 Å². The number of hydrogen-bond donors (Lipinski definition) is 3. The number of fused-ring (bicyclic) bond motifs is 1. The maximum absolute atomic E-state index is 5.53. The highest BCUT2D eigenvalue weighted by Crippen LogP contribution is 2.32. The minimum Gasteiger partial charge on any atom is -0.486 e. The molecule has 104 valence electrons. The second kappa shape index (κ2) is 6.58. The zero-order chi connectivity index (χ0) is 13.7. The lowest BCUT2D eigenvalue weighted by Crippen LogP contribution is -3.06. The predicted octanol–water partition coefficient (Wildman–Crippen LogP) is -0.111. The maximum Gasteiger partial charge on any atom is 0.170 e. The first-order valence-corrected chi connectivity index (χ1v) is 6.79. The van der Waals surface area contributed by atoms with Crippen molar-refractivity contribution in [3.05, 3.63) is 18.2 Å². The summed E-state index contributed by atoms with van der Waals surface area (Å²) in [5, 5.41) is 6.93. The average molecular weight is 282 g/mol. The smallest absolute Gasteiger partial charge is 0.170 e. The van der Waals surface area contributed by atoms with Crippen molar-refractivity contribution in [2.45, 2.75) is 0 Å². The molecule has 0 spiro atoms. The quantitative estimate of drug-likeness (QED) is 0.673. The molecule has 0 unspecified atom stereocenters. The van der Waals surface area contributed by atoms with Crippen molar-refractivity contribution in [2.75, 3.05) is 45.7 Å². The average Bonchev–Trinajstić information content (AvgIpc) is 2.38. The molecular weight excluding hydrogens is 262 g/mol. The highest BCUT2D eigenvalue weighted by Gasteiger charge is 2.11. The summed E-state index contributed by atoms with van der Waals surface area (Å²) in [6, 6.07) is 5.72. The Morgan fingerprint density at radius 2 is 2.00 bits per heavy atom. The van der Waals surface area contributed by atoms with Crippen LogP contribution in [0.4, 0.5) is 5.69 Å². The third-order valence-electron chi connectivity index (χ3n) is 2.71. The summed E-state index contributed by atoms with van der Waals surface area (Å²) in [5.41, 5.74) is 0.902. The van der Waals surface area contributed by atoms with Crippen LogP contribution in [0.2, 0.25) is 0 Å². The molecule has 0 amide bonds. The number of hydrogen-bond acceptors (Lipinski definition) is 3. The number of anilines is 1. The Morgan fingerprint density at radius 3 is 2.74 bits per heavy atom. The Hall–Kier alpha value is -1.53. The zero-order valence-electron chi connectivity index (χ0n) is 11.3. The SMILES string of the molecule is C[NH+](C)CCNC(=S)Nc1ccc2c(c1)OCCO2. The van der Waals surface area contributed by atoms with Crippen LogP contribution in [0.5, 0.6) is 11.5 Å². The Balaban J connectivity index is 1.86. The number of thiocarbonyl (C=S) groups is 1. The molecule has 1 aromatic rings. The number of rotatable bonds is 4. The standard InChI is InChI=1S/C13H19N3O2S/c1-16(2)6-5-14-13(19)15-10-3-4-11-12(9-10)18-8-7-17-11/h3-4,9H,5-8H2,1-2H3,(H2,14,15,19)/p+1. The number of ether oxygens (including phenoxy) is 2. The van der Waals surface area contributed by atoms with Crippen molar-refractivity contribution < 1.29 is 14.4 Å². The van der Waals surface area contributed by atoms with Gasteiger partial charge in [-0.05, 0) is 24.4 Å². The van der Waals surface area contributed by atoms with Gasteiger partial charge >= 0.3 is 0 Å². The highest BCUT2D eigenvalue weighted by atomic mass is 32.1. The monoisotopic (exact) mass is 282 g/mol. The van der Waals surface area contributed by atoms with Crippen molar-refractivity contribution in [1.29, 1.82) is 0 Å². The van der Waals surface area contributed by atoms with E-state index in [1.165, 1.54) is 4.90 Å². The summed E-state index contributed by atoms with van der Waals surface area (Å²) in [6.45, 7) is 3.05. The molecule has 2 rings (SSSR count). The van der Waals surface area contributed by atoms with E-state index in [1.54, 1.807) is 0 Å². The first-order chi connectivity index (χ1) is 9.15. The van der Waals surface area contributed by atoms with E-state index in [1.807, 2.05) is 18.2 Å². The molecule has 0 radical (unpaired) electrons. The van der Waals surface area contributed by atoms with Crippen LogP contribution in [-0.2, 0) is 0 Å². The zero-order valence-corrected chi connectivity index (χ0v) is 12.1. The summed E-state index contributed by atoms with van der Waals surface area (Å²) in [7, 11) is 4.22. The minimum atomic E-state index is 0.588. The molecule has 0 saturated heterocycles. The molecule has 0 saturated carbocycles. The van der Waals surface area contributed by atoms with Crippen LogP contribution in [0.1, 0.15) is 0 Å². The molecule has 6 heteroatoms. The summed E-state index contributed by atoms with van der Waals surface area (Å²) in [4.78, 5) is 1.38. The van der Waals surface area contributed by atoms with Gasteiger partial charge in [-0.2, -0.15) is 0 Å². The maximum atomic E-state index is 5.53. The molecule has 1 heterocycles. The number of likely N-dealkylation sites (N-methyl/N-ethyl adjacent to an activating group) is 1. The summed E-state index contributed by atoms with van der Waals surface area (Å²) in [5.74, 6) is 1.55. The van der Waals surface area contributed by atoms with Crippen LogP contribution in [0.25, 0.3) is 0 Å². The normalized spacial score (nSPS) is 13.2. The Morgan fingerprint density at radius 1 is 1.26 bits per heavy atom. The van der Waals surface area contributed by atoms with Gasteiger partial charge in [-0.1, -0.05) is 0 Å². The van der Waals surface area contributed by atoms with Crippen molar-refractivity contribution in [3.63, 3.8) is 0 Å². The van der Waals surface area contributed by atoms with E-state index in [2.05, 4.69) is 24.7 Å². The molecule has 1 aliphatic heterocycles. The largest absolute Gasteiger partial charge is 0.486 e. The van der Waals surface area contributed by atoms with Crippen LogP contribution in [0, 0.1) is 0 Å². The number of quaternary nitrogens is 1. The van der Waals surface area contributed by atoms with Gasteiger partial charge in [0.25, 0.3) is 0 Å². The van der Waals surface area contributed by atoms with Crippen molar-refractivity contribution in [3.8, 4) is 11.5 Å². The first kappa shape index (κ1) is 13.9. The van der Waals surface area contributed by atoms with E-state index in [-0.39, 0.29) is 0 Å². The van der Waals surface area contributed by atoms with Gasteiger partial charge in [-0.3, -0.25) is 0 Å². The highest BCUT2D eigenvalue weighted by molar-refractivity contribution is 7.80. The van der Waals surface area contributed by atoms with E-state index in [0.29, 0.717) is 18.3 Å². The molecule has 0 fully saturated rings. The Kier molecular flexibility index (Phi) is 4.81. The van der Waals surface area contributed by atoms with Gasteiger partial charge in [-0.15, -0.1) is 0 Å². The summed E-state index contributed by atoms with van der Waals surface area (Å²) < 4.78 is 11.0. The van der Waals surface area contributed by atoms with Crippen LogP contribution in [0.15, 0.2) is 18.2 Å². The van der Waals surface area contributed by atoms with E-state index < -0.39 is 0 Å². The number of benzene rings is 1. The van der Waals surface area contributed by atoms with E-state index in [0.717, 1.165) is 30.3 Å². The van der Waals surface area contributed by atoms with Crippen molar-refractivity contribution >= 4 is 23.0 Å². The van der Waals surface area contributed by atoms with Gasteiger partial charge in [-0.25, -0.2) is 0 Å². The molecule has 3 N–H and O–H groups in total. The lowest BCUT2D eigenvalue weighted by molar-refractivity contribution is -0.856. The second-order valence-corrected chi connectivity index (χ2v) is 5.10. The van der Waals surface area contributed by atoms with E-state index in [4.69, 9.17) is 21.7 Å². The van der Waals surface area contributed by atoms with Crippen LogP contribution in [0.3, 0.4) is 0 Å². The van der Waals surface area contributed by atoms with Gasteiger partial charge < -0.3 is 25.0 Å². The number of nitrogens with one attached hydrogen (secondary N) is 3. The molecule has 1 aromatic carbocycles. The first-order valence-electron chi connectivity index (χ1n) is 6.38. The molecule has 0 bridgehead atoms. The second-order valence-electron chi connectivity index (χ2n) is 4.70. The minimum absolute atomic E-state index is 0.588. The lowest BCUT2D eigenvalue weighted by atomic mass is 10.2. The fourth-order valence-electron chi connectivity index (χ4n) is 1.72. The fourth-order valence-corrected chi connectivity index (χ4v) is 1.94. The Labute approximate surface area is 118 Å². The van der Waals surface area contributed by atoms with Crippen molar-refractivity contribution in [1.82, 2.24) is 5.32 Å². The van der Waals surface area contributed by atoms with Crippen LogP contribution in [-0.4, -0.2) is 45.5 Å². The molecule has 1 aliphatic rings. The van der Waals surface area contributed by atoms with Crippen LogP contribution >= 0.6 is 12.2 Å². The molecule has 0 aliphatic carbocycles. The molecule has 0 aromatic heterocycles. The van der Waals surface area contributed by atoms with Gasteiger partial charge in [0, 0.05) is 11.8 Å². The van der Waals surface area contributed by atoms with Gasteiger partial charge in [0.05, 0.1) is 27.2 Å². The lowest BCUT2D eigenvalue weighted by Gasteiger charge is -2.19. The van der Waals surface area contributed by atoms with Crippen LogP contribution < -0.4 is 25.0 Å². The van der Waals surface area contributed by atoms with E-state index in [9.17, 15) is 0 Å². The Bertz CT molecular complexity index is 452. The fraction of sp³-hybridized carbons (Fsp3) is 0.462. The van der Waals surface area contributed by atoms with Crippen molar-refractivity contribution in [2.24, 2.45) is 0 Å². The third-order valence-corrected chi connectivity index (χ3v) is 2.96. The molecule has 19 heavy (non-hydrogen) atoms.